The fourth-order valence-electron chi connectivity index (χ4n) is 3.60. The largest absolute Gasteiger partial charge is 0.478 e. The number of nitriles is 1. The van der Waals surface area contributed by atoms with Crippen molar-refractivity contribution in [3.8, 4) is 39.8 Å². The summed E-state index contributed by atoms with van der Waals surface area (Å²) in [6, 6.07) is 27.6. The predicted molar refractivity (Wildman–Crippen MR) is 131 cm³/mol. The van der Waals surface area contributed by atoms with Crippen LogP contribution in [-0.4, -0.2) is 11.1 Å². The first-order valence-corrected chi connectivity index (χ1v) is 10.9. The number of carboxylic acid groups (broad SMARTS) is 1. The molecule has 33 heavy (non-hydrogen) atoms. The molecule has 0 aromatic heterocycles. The minimum absolute atomic E-state index is 0.204. The van der Waals surface area contributed by atoms with E-state index in [1.165, 1.54) is 0 Å². The number of carboxylic acids is 1. The Morgan fingerprint density at radius 2 is 1.67 bits per heavy atom. The number of hydrogen-bond donors (Lipinski definition) is 2. The minimum Gasteiger partial charge on any atom is -0.478 e. The number of aromatic carboxylic acids is 1. The SMILES string of the molecule is N#Cc1cc(Oc2cc(Br)cc(-c3ccccc3C(=O)O)c2)cc(-c2cccc(CN)c2)c1. The Bertz CT molecular complexity index is 1390. The molecule has 0 saturated heterocycles. The molecule has 0 radical (unpaired) electrons. The Labute approximate surface area is 199 Å². The van der Waals surface area contributed by atoms with E-state index >= 15 is 0 Å². The summed E-state index contributed by atoms with van der Waals surface area (Å²) >= 11 is 3.49. The van der Waals surface area contributed by atoms with E-state index in [0.29, 0.717) is 34.7 Å². The van der Waals surface area contributed by atoms with Crippen LogP contribution in [0.15, 0.2) is 89.4 Å². The highest BCUT2D eigenvalue weighted by molar-refractivity contribution is 9.10. The maximum Gasteiger partial charge on any atom is 0.336 e. The highest BCUT2D eigenvalue weighted by Crippen LogP contribution is 2.35. The van der Waals surface area contributed by atoms with Crippen LogP contribution < -0.4 is 10.5 Å². The lowest BCUT2D eigenvalue weighted by molar-refractivity contribution is 0.0697. The van der Waals surface area contributed by atoms with Gasteiger partial charge in [0.1, 0.15) is 11.5 Å². The zero-order chi connectivity index (χ0) is 23.4. The highest BCUT2D eigenvalue weighted by Gasteiger charge is 2.13. The first-order chi connectivity index (χ1) is 16.0. The van der Waals surface area contributed by atoms with Crippen LogP contribution in [0.5, 0.6) is 11.5 Å². The molecule has 5 nitrogen and oxygen atoms in total. The molecule has 3 N–H and O–H groups in total. The van der Waals surface area contributed by atoms with Crippen LogP contribution in [0.25, 0.3) is 22.3 Å². The quantitative estimate of drug-likeness (QED) is 0.312. The summed E-state index contributed by atoms with van der Waals surface area (Å²) in [7, 11) is 0. The maximum atomic E-state index is 11.7. The van der Waals surface area contributed by atoms with E-state index in [0.717, 1.165) is 21.2 Å². The van der Waals surface area contributed by atoms with Gasteiger partial charge in [-0.15, -0.1) is 0 Å². The molecule has 0 atom stereocenters. The number of nitrogens with two attached hydrogens (primary N) is 1. The average Bonchev–Trinajstić information content (AvgIpc) is 2.83. The van der Waals surface area contributed by atoms with E-state index in [4.69, 9.17) is 10.5 Å². The number of halogens is 1. The van der Waals surface area contributed by atoms with E-state index in [1.54, 1.807) is 48.5 Å². The molecule has 162 valence electrons. The van der Waals surface area contributed by atoms with Crippen molar-refractivity contribution >= 4 is 21.9 Å². The molecular formula is C27H19BrN2O3. The fraction of sp³-hybridized carbons (Fsp3) is 0.0370. The van der Waals surface area contributed by atoms with Gasteiger partial charge in [0.25, 0.3) is 0 Å². The van der Waals surface area contributed by atoms with Crippen molar-refractivity contribution in [1.29, 1.82) is 5.26 Å². The van der Waals surface area contributed by atoms with E-state index in [1.807, 2.05) is 36.4 Å². The highest BCUT2D eigenvalue weighted by atomic mass is 79.9. The molecule has 0 bridgehead atoms. The lowest BCUT2D eigenvalue weighted by Crippen LogP contribution is -1.99. The van der Waals surface area contributed by atoms with Crippen molar-refractivity contribution in [2.45, 2.75) is 6.54 Å². The van der Waals surface area contributed by atoms with Gasteiger partial charge in [-0.2, -0.15) is 5.26 Å². The normalized spacial score (nSPS) is 10.5. The first-order valence-electron chi connectivity index (χ1n) is 10.1. The Balaban J connectivity index is 1.74. The van der Waals surface area contributed by atoms with E-state index in [-0.39, 0.29) is 5.56 Å². The van der Waals surface area contributed by atoms with Gasteiger partial charge in [0, 0.05) is 11.0 Å². The molecule has 0 spiro atoms. The van der Waals surface area contributed by atoms with Gasteiger partial charge in [0.2, 0.25) is 0 Å². The van der Waals surface area contributed by atoms with Crippen LogP contribution >= 0.6 is 15.9 Å². The second kappa shape index (κ2) is 9.70. The Kier molecular flexibility index (Phi) is 6.55. The summed E-state index contributed by atoms with van der Waals surface area (Å²) in [5, 5.41) is 19.1. The van der Waals surface area contributed by atoms with Gasteiger partial charge in [-0.3, -0.25) is 0 Å². The Hall–Kier alpha value is -3.92. The molecule has 0 fully saturated rings. The van der Waals surface area contributed by atoms with Gasteiger partial charge in [0.15, 0.2) is 0 Å². The van der Waals surface area contributed by atoms with Gasteiger partial charge in [-0.05, 0) is 76.3 Å². The number of ether oxygens (including phenoxy) is 1. The van der Waals surface area contributed by atoms with Crippen LogP contribution in [0.4, 0.5) is 0 Å². The molecule has 0 aliphatic carbocycles. The second-order valence-electron chi connectivity index (χ2n) is 7.39. The fourth-order valence-corrected chi connectivity index (χ4v) is 4.07. The molecule has 6 heteroatoms. The molecule has 0 aliphatic rings. The Morgan fingerprint density at radius 1 is 0.909 bits per heavy atom. The van der Waals surface area contributed by atoms with E-state index in [2.05, 4.69) is 22.0 Å². The van der Waals surface area contributed by atoms with Crippen LogP contribution in [0.1, 0.15) is 21.5 Å². The summed E-state index contributed by atoms with van der Waals surface area (Å²) in [6.07, 6.45) is 0. The van der Waals surface area contributed by atoms with Crippen molar-refractivity contribution in [1.82, 2.24) is 0 Å². The summed E-state index contributed by atoms with van der Waals surface area (Å²) in [5.41, 5.74) is 10.5. The van der Waals surface area contributed by atoms with Crippen molar-refractivity contribution in [2.75, 3.05) is 0 Å². The van der Waals surface area contributed by atoms with E-state index < -0.39 is 5.97 Å². The molecular weight excluding hydrogens is 480 g/mol. The minimum atomic E-state index is -1.00. The van der Waals surface area contributed by atoms with Crippen LogP contribution in [0.3, 0.4) is 0 Å². The zero-order valence-corrected chi connectivity index (χ0v) is 19.0. The lowest BCUT2D eigenvalue weighted by Gasteiger charge is -2.13. The zero-order valence-electron chi connectivity index (χ0n) is 17.5. The van der Waals surface area contributed by atoms with Gasteiger partial charge < -0.3 is 15.6 Å². The smallest absolute Gasteiger partial charge is 0.336 e. The summed E-state index contributed by atoms with van der Waals surface area (Å²) in [4.78, 5) is 11.7. The molecule has 0 amide bonds. The van der Waals surface area contributed by atoms with Crippen molar-refractivity contribution in [3.63, 3.8) is 0 Å². The molecule has 0 unspecified atom stereocenters. The molecule has 4 rings (SSSR count). The third kappa shape index (κ3) is 5.12. The van der Waals surface area contributed by atoms with Crippen LogP contribution in [0.2, 0.25) is 0 Å². The third-order valence-corrected chi connectivity index (χ3v) is 5.56. The second-order valence-corrected chi connectivity index (χ2v) is 8.31. The molecule has 0 heterocycles. The van der Waals surface area contributed by atoms with Gasteiger partial charge in [0.05, 0.1) is 17.2 Å². The first kappa shape index (κ1) is 22.3. The predicted octanol–water partition coefficient (Wildman–Crippen LogP) is 6.60. The van der Waals surface area contributed by atoms with Crippen LogP contribution in [-0.2, 0) is 6.54 Å². The third-order valence-electron chi connectivity index (χ3n) is 5.11. The van der Waals surface area contributed by atoms with Crippen molar-refractivity contribution < 1.29 is 14.6 Å². The number of nitrogens with zero attached hydrogens (tertiary/aromatic N) is 1. The van der Waals surface area contributed by atoms with E-state index in [9.17, 15) is 15.2 Å². The van der Waals surface area contributed by atoms with Crippen molar-refractivity contribution in [2.24, 2.45) is 5.73 Å². The monoisotopic (exact) mass is 498 g/mol. The maximum absolute atomic E-state index is 11.7. The average molecular weight is 499 g/mol. The summed E-state index contributed by atoms with van der Waals surface area (Å²) in [6.45, 7) is 0.424. The number of carbonyl (C=O) groups is 1. The molecule has 4 aromatic rings. The standard InChI is InChI=1S/C27H19BrN2O3/c28-22-11-21(25-6-1-2-7-26(25)27(31)32)13-24(14-22)33-23-10-18(16-30)9-20(12-23)19-5-3-4-17(8-19)15-29/h1-14H,15,29H2,(H,31,32). The van der Waals surface area contributed by atoms with Gasteiger partial charge in [-0.25, -0.2) is 4.79 Å². The number of benzene rings is 4. The molecule has 4 aromatic carbocycles. The summed E-state index contributed by atoms with van der Waals surface area (Å²) < 4.78 is 6.87. The summed E-state index contributed by atoms with van der Waals surface area (Å²) in [5.74, 6) is 0.00760. The lowest BCUT2D eigenvalue weighted by atomic mass is 9.99. The Morgan fingerprint density at radius 3 is 2.42 bits per heavy atom. The van der Waals surface area contributed by atoms with Crippen molar-refractivity contribution in [3.05, 3.63) is 106 Å². The van der Waals surface area contributed by atoms with Gasteiger partial charge >= 0.3 is 5.97 Å². The molecule has 0 saturated carbocycles. The van der Waals surface area contributed by atoms with Gasteiger partial charge in [-0.1, -0.05) is 52.3 Å². The topological polar surface area (TPSA) is 96.3 Å². The number of rotatable bonds is 6. The number of hydrogen-bond acceptors (Lipinski definition) is 4. The van der Waals surface area contributed by atoms with Crippen LogP contribution in [0, 0.1) is 11.3 Å². The molecule has 0 aliphatic heterocycles.